The summed E-state index contributed by atoms with van der Waals surface area (Å²) in [5.41, 5.74) is 2.50. The second kappa shape index (κ2) is 10.3. The maximum absolute atomic E-state index is 13.4. The Bertz CT molecular complexity index is 1960. The van der Waals surface area contributed by atoms with Crippen molar-refractivity contribution in [3.8, 4) is 17.0 Å². The summed E-state index contributed by atoms with van der Waals surface area (Å²) in [6, 6.07) is 6.06. The highest BCUT2D eigenvalue weighted by Crippen LogP contribution is 2.53. The monoisotopic (exact) mass is 646 g/mol. The highest BCUT2D eigenvalue weighted by atomic mass is 32.2. The molecule has 1 saturated carbocycles. The number of halogens is 2. The van der Waals surface area contributed by atoms with Crippen LogP contribution in [0.3, 0.4) is 0 Å². The number of hydrogen-bond donors (Lipinski definition) is 1. The number of nitrogens with zero attached hydrogens (tertiary/aromatic N) is 7. The Morgan fingerprint density at radius 1 is 1.17 bits per heavy atom. The van der Waals surface area contributed by atoms with E-state index in [0.717, 1.165) is 5.56 Å². The number of alkyl halides is 2. The summed E-state index contributed by atoms with van der Waals surface area (Å²) in [7, 11) is 0.290. The van der Waals surface area contributed by atoms with E-state index in [1.807, 2.05) is 27.7 Å². The fourth-order valence-electron chi connectivity index (χ4n) is 7.02. The number of hydrogen-bond acceptors (Lipinski definition) is 7. The van der Waals surface area contributed by atoms with Crippen molar-refractivity contribution in [3.63, 3.8) is 0 Å². The summed E-state index contributed by atoms with van der Waals surface area (Å²) in [6.45, 7) is 12.1. The summed E-state index contributed by atoms with van der Waals surface area (Å²) in [4.78, 5) is 33.1. The van der Waals surface area contributed by atoms with Crippen molar-refractivity contribution in [3.05, 3.63) is 82.5 Å². The largest absolute Gasteiger partial charge is 0.434 e. The minimum absolute atomic E-state index is 0.0347. The number of carbonyl (C=O) groups is 1. The van der Waals surface area contributed by atoms with E-state index in [4.69, 9.17) is 21.4 Å². The third kappa shape index (κ3) is 4.67. The van der Waals surface area contributed by atoms with Gasteiger partial charge in [0.1, 0.15) is 17.1 Å². The van der Waals surface area contributed by atoms with Crippen LogP contribution in [0.4, 0.5) is 8.78 Å². The molecule has 14 heteroatoms. The van der Waals surface area contributed by atoms with Gasteiger partial charge in [0.15, 0.2) is 5.65 Å². The minimum atomic E-state index is -3.05. The van der Waals surface area contributed by atoms with Gasteiger partial charge in [0.2, 0.25) is 5.54 Å². The third-order valence-electron chi connectivity index (χ3n) is 9.18. The van der Waals surface area contributed by atoms with Crippen LogP contribution in [0.2, 0.25) is 0 Å². The number of amides is 1. The van der Waals surface area contributed by atoms with Crippen LogP contribution in [-0.4, -0.2) is 63.5 Å². The van der Waals surface area contributed by atoms with E-state index in [2.05, 4.69) is 19.5 Å². The number of ether oxygens (including phenoxy) is 1. The minimum Gasteiger partial charge on any atom is -0.434 e. The molecule has 1 aliphatic heterocycles. The first-order valence-electron chi connectivity index (χ1n) is 14.9. The van der Waals surface area contributed by atoms with E-state index < -0.39 is 39.3 Å². The van der Waals surface area contributed by atoms with Crippen LogP contribution in [0.1, 0.15) is 91.9 Å². The number of fused-ring (bicyclic) bond motifs is 9. The molecule has 238 valence electrons. The van der Waals surface area contributed by atoms with Crippen LogP contribution in [0.25, 0.3) is 21.7 Å². The second-order valence-electron chi connectivity index (χ2n) is 13.5. The average Bonchev–Trinajstić information content (AvgIpc) is 3.52. The fraction of sp³-hybridized carbons (Fsp3) is 0.438. The molecule has 1 aromatic carbocycles. The summed E-state index contributed by atoms with van der Waals surface area (Å²) < 4.78 is 49.2. The molecule has 0 unspecified atom stereocenters. The normalized spacial score (nSPS) is 25.9. The van der Waals surface area contributed by atoms with E-state index in [1.54, 1.807) is 53.3 Å². The standard InChI is InChI=1S/C32H32F2N8O3S/c1-30(2,3)46(44)40-32(15-31(4,16-32)35-5)28-36-13-17(14-37-28)20-10-11-42-26(38-20)24-19-12-21(25(24)39-42)41(6)27(43)18-8-7-9-22(23(18)19)45-29(33)34/h7-11,13-14,19,21,29,40H,12,15-16H2,1-4,6H3/t19-,21-,31?,32?,46-/m1/s1. The molecule has 2 bridgehead atoms. The number of aromatic nitrogens is 5. The smallest absolute Gasteiger partial charge is 0.387 e. The lowest BCUT2D eigenvalue weighted by molar-refractivity contribution is -0.0505. The molecule has 1 N–H and O–H groups in total. The van der Waals surface area contributed by atoms with E-state index in [9.17, 15) is 17.8 Å². The predicted molar refractivity (Wildman–Crippen MR) is 165 cm³/mol. The molecule has 11 nitrogen and oxygen atoms in total. The first-order valence-corrected chi connectivity index (χ1v) is 16.0. The van der Waals surface area contributed by atoms with Crippen molar-refractivity contribution in [1.82, 2.24) is 34.2 Å². The Labute approximate surface area is 266 Å². The topological polar surface area (TPSA) is 119 Å². The molecular weight excluding hydrogens is 614 g/mol. The average molecular weight is 647 g/mol. The molecule has 0 saturated heterocycles. The van der Waals surface area contributed by atoms with Crippen molar-refractivity contribution in [2.75, 3.05) is 7.05 Å². The molecule has 3 aromatic heterocycles. The van der Waals surface area contributed by atoms with Gasteiger partial charge < -0.3 is 14.5 Å². The van der Waals surface area contributed by atoms with Crippen molar-refractivity contribution >= 4 is 22.5 Å². The van der Waals surface area contributed by atoms with Crippen LogP contribution in [0.15, 0.2) is 42.9 Å². The Balaban J connectivity index is 1.28. The Hall–Kier alpha value is -4.35. The van der Waals surface area contributed by atoms with Gasteiger partial charge in [-0.3, -0.25) is 4.79 Å². The van der Waals surface area contributed by atoms with Gasteiger partial charge in [0, 0.05) is 60.7 Å². The molecule has 2 aliphatic carbocycles. The molecule has 46 heavy (non-hydrogen) atoms. The lowest BCUT2D eigenvalue weighted by atomic mass is 9.64. The molecule has 3 atom stereocenters. The van der Waals surface area contributed by atoms with Gasteiger partial charge in [-0.25, -0.2) is 35.0 Å². The van der Waals surface area contributed by atoms with Crippen molar-refractivity contribution in [1.29, 1.82) is 0 Å². The molecule has 0 radical (unpaired) electrons. The number of benzene rings is 1. The van der Waals surface area contributed by atoms with E-state index >= 15 is 0 Å². The van der Waals surface area contributed by atoms with E-state index in [0.29, 0.717) is 58.8 Å². The lowest BCUT2D eigenvalue weighted by Gasteiger charge is -2.46. The Kier molecular flexibility index (Phi) is 6.81. The molecule has 0 spiro atoms. The second-order valence-corrected chi connectivity index (χ2v) is 15.5. The van der Waals surface area contributed by atoms with Crippen LogP contribution in [-0.2, 0) is 16.5 Å². The zero-order valence-electron chi connectivity index (χ0n) is 25.9. The molecular formula is C32H32F2N8O3S. The fourth-order valence-corrected chi connectivity index (χ4v) is 7.92. The van der Waals surface area contributed by atoms with Gasteiger partial charge in [0.25, 0.3) is 5.91 Å². The van der Waals surface area contributed by atoms with Crippen LogP contribution >= 0.6 is 0 Å². The third-order valence-corrected chi connectivity index (χ3v) is 10.9. The number of rotatable bonds is 6. The molecule has 4 aromatic rings. The van der Waals surface area contributed by atoms with Gasteiger partial charge in [-0.05, 0) is 45.4 Å². The highest BCUT2D eigenvalue weighted by Gasteiger charge is 2.61. The number of carbonyl (C=O) groups excluding carboxylic acids is 1. The van der Waals surface area contributed by atoms with Gasteiger partial charge in [-0.2, -0.15) is 13.9 Å². The summed E-state index contributed by atoms with van der Waals surface area (Å²) >= 11 is 0. The molecule has 1 fully saturated rings. The molecule has 1 amide bonds. The first-order chi connectivity index (χ1) is 21.7. The SMILES string of the molecule is [C-]#[N+]C1(C)CC(N[S@](=O)C(C)(C)C)(c2ncc(-c3ccn4nc5c(c4n3)[C@@H]3C[C@H]5N(C)C(=O)c4cccc(OC(F)F)c43)cn2)C1. The van der Waals surface area contributed by atoms with Gasteiger partial charge in [0.05, 0.1) is 46.0 Å². The zero-order chi connectivity index (χ0) is 32.8. The van der Waals surface area contributed by atoms with Gasteiger partial charge >= 0.3 is 6.61 Å². The van der Waals surface area contributed by atoms with Gasteiger partial charge in [-0.15, -0.1) is 0 Å². The van der Waals surface area contributed by atoms with Gasteiger partial charge in [-0.1, -0.05) is 6.07 Å². The summed E-state index contributed by atoms with van der Waals surface area (Å²) in [6.07, 6.45) is 6.40. The van der Waals surface area contributed by atoms with Crippen molar-refractivity contribution in [2.24, 2.45) is 0 Å². The summed E-state index contributed by atoms with van der Waals surface area (Å²) in [5.74, 6) is -0.296. The maximum Gasteiger partial charge on any atom is 0.387 e. The van der Waals surface area contributed by atoms with Crippen LogP contribution < -0.4 is 9.46 Å². The number of nitrogens with one attached hydrogen (secondary N) is 1. The zero-order valence-corrected chi connectivity index (χ0v) is 26.7. The highest BCUT2D eigenvalue weighted by molar-refractivity contribution is 7.84. The van der Waals surface area contributed by atoms with Crippen LogP contribution in [0.5, 0.6) is 5.75 Å². The van der Waals surface area contributed by atoms with E-state index in [1.165, 1.54) is 6.07 Å². The Morgan fingerprint density at radius 3 is 2.54 bits per heavy atom. The van der Waals surface area contributed by atoms with Crippen molar-refractivity contribution in [2.45, 2.75) is 81.4 Å². The lowest BCUT2D eigenvalue weighted by Crippen LogP contribution is -2.61. The molecule has 3 aliphatic rings. The van der Waals surface area contributed by atoms with E-state index in [-0.39, 0.29) is 17.7 Å². The Morgan fingerprint density at radius 2 is 1.89 bits per heavy atom. The van der Waals surface area contributed by atoms with Crippen molar-refractivity contribution < 1.29 is 22.5 Å². The quantitative estimate of drug-likeness (QED) is 0.287. The first kappa shape index (κ1) is 30.3. The maximum atomic E-state index is 13.4. The molecule has 7 rings (SSSR count). The van der Waals surface area contributed by atoms with Crippen LogP contribution in [0, 0.1) is 6.57 Å². The summed E-state index contributed by atoms with van der Waals surface area (Å²) in [5, 5.41) is 4.77. The molecule has 4 heterocycles. The predicted octanol–water partition coefficient (Wildman–Crippen LogP) is 5.17.